The van der Waals surface area contributed by atoms with Gasteiger partial charge in [-0.15, -0.1) is 0 Å². The Morgan fingerprint density at radius 3 is 2.41 bits per heavy atom. The fraction of sp³-hybridized carbons (Fsp3) is 0.200. The van der Waals surface area contributed by atoms with Gasteiger partial charge in [0.1, 0.15) is 5.82 Å². The largest absolute Gasteiger partial charge is 0.434 e. The molecular formula is C30H26ClF3N4O2S. The Bertz CT molecular complexity index is 1860. The first kappa shape index (κ1) is 28.6. The quantitative estimate of drug-likeness (QED) is 0.192. The molecule has 0 aliphatic heterocycles. The van der Waals surface area contributed by atoms with E-state index in [0.717, 1.165) is 36.5 Å². The van der Waals surface area contributed by atoms with E-state index < -0.39 is 21.7 Å². The lowest BCUT2D eigenvalue weighted by molar-refractivity contribution is -0.141. The molecule has 212 valence electrons. The molecule has 0 saturated heterocycles. The van der Waals surface area contributed by atoms with Crippen molar-refractivity contribution >= 4 is 21.4 Å². The van der Waals surface area contributed by atoms with E-state index in [9.17, 15) is 21.6 Å². The van der Waals surface area contributed by atoms with Crippen LogP contribution >= 0.6 is 11.6 Å². The monoisotopic (exact) mass is 598 g/mol. The number of alkyl halides is 3. The Morgan fingerprint density at radius 2 is 1.73 bits per heavy atom. The molecule has 5 aromatic rings. The Morgan fingerprint density at radius 1 is 0.976 bits per heavy atom. The second-order valence-corrected chi connectivity index (χ2v) is 12.1. The number of halogens is 4. The number of nitrogens with zero attached hydrogens (tertiary/aromatic N) is 4. The average molecular weight is 599 g/mol. The van der Waals surface area contributed by atoms with Crippen molar-refractivity contribution in [3.8, 4) is 33.8 Å². The number of rotatable bonds is 7. The van der Waals surface area contributed by atoms with Crippen LogP contribution in [-0.2, 0) is 22.4 Å². The van der Waals surface area contributed by atoms with E-state index in [1.165, 1.54) is 17.6 Å². The van der Waals surface area contributed by atoms with Gasteiger partial charge < -0.3 is 4.57 Å². The molecule has 0 fully saturated rings. The third-order valence-electron chi connectivity index (χ3n) is 6.74. The normalized spacial score (nSPS) is 12.2. The summed E-state index contributed by atoms with van der Waals surface area (Å²) in [6.45, 7) is 3.57. The van der Waals surface area contributed by atoms with Gasteiger partial charge in [0.2, 0.25) is 0 Å². The molecule has 0 atom stereocenters. The van der Waals surface area contributed by atoms with Gasteiger partial charge in [-0.2, -0.15) is 18.3 Å². The van der Waals surface area contributed by atoms with Crippen molar-refractivity contribution in [1.82, 2.24) is 19.3 Å². The van der Waals surface area contributed by atoms with Gasteiger partial charge in [-0.1, -0.05) is 43.1 Å². The molecule has 5 rings (SSSR count). The zero-order chi connectivity index (χ0) is 29.5. The molecule has 0 spiro atoms. The molecule has 0 unspecified atom stereocenters. The summed E-state index contributed by atoms with van der Waals surface area (Å²) in [5, 5.41) is 5.18. The third kappa shape index (κ3) is 5.80. The number of aromatic nitrogens is 4. The molecule has 0 saturated carbocycles. The lowest BCUT2D eigenvalue weighted by atomic mass is 9.99. The van der Waals surface area contributed by atoms with Crippen LogP contribution < -0.4 is 0 Å². The summed E-state index contributed by atoms with van der Waals surface area (Å²) in [5.41, 5.74) is 3.67. The van der Waals surface area contributed by atoms with Gasteiger partial charge in [0.15, 0.2) is 15.5 Å². The maximum Gasteiger partial charge on any atom is 0.434 e. The molecule has 0 aliphatic carbocycles. The van der Waals surface area contributed by atoms with Crippen LogP contribution in [0.4, 0.5) is 13.2 Å². The van der Waals surface area contributed by atoms with E-state index >= 15 is 0 Å². The maximum absolute atomic E-state index is 13.6. The van der Waals surface area contributed by atoms with Crippen LogP contribution in [0.25, 0.3) is 33.8 Å². The SMILES string of the molecule is CCCc1cc(-n2nccc2-c2cc(-c3cccc(S(C)(=O)=O)c3)ccc2-n2cc(C(F)(F)F)nc2C)ccc1Cl. The summed E-state index contributed by atoms with van der Waals surface area (Å²) in [4.78, 5) is 3.92. The zero-order valence-corrected chi connectivity index (χ0v) is 24.0. The number of imidazole rings is 1. The highest BCUT2D eigenvalue weighted by Gasteiger charge is 2.34. The van der Waals surface area contributed by atoms with Crippen LogP contribution in [0.5, 0.6) is 0 Å². The molecule has 0 amide bonds. The molecule has 2 aromatic heterocycles. The van der Waals surface area contributed by atoms with E-state index in [2.05, 4.69) is 17.0 Å². The second-order valence-electron chi connectivity index (χ2n) is 9.73. The first-order valence-electron chi connectivity index (χ1n) is 12.8. The van der Waals surface area contributed by atoms with Gasteiger partial charge in [0, 0.05) is 23.0 Å². The summed E-state index contributed by atoms with van der Waals surface area (Å²) in [5.74, 6) is 0.160. The van der Waals surface area contributed by atoms with Crippen molar-refractivity contribution in [2.45, 2.75) is 37.8 Å². The predicted molar refractivity (Wildman–Crippen MR) is 153 cm³/mol. The van der Waals surface area contributed by atoms with Gasteiger partial charge >= 0.3 is 6.18 Å². The third-order valence-corrected chi connectivity index (χ3v) is 8.22. The lowest BCUT2D eigenvalue weighted by Crippen LogP contribution is -2.05. The van der Waals surface area contributed by atoms with Crippen molar-refractivity contribution < 1.29 is 21.6 Å². The molecule has 0 bridgehead atoms. The summed E-state index contributed by atoms with van der Waals surface area (Å²) >= 11 is 6.41. The smallest absolute Gasteiger partial charge is 0.303 e. The standard InChI is InChI=1S/C30H26ClF3N4O2S/c1-4-6-22-15-23(10-11-26(22)31)38-28(13-14-35-38)25-17-21(20-7-5-8-24(16-20)41(3,39)40)9-12-27(25)37-18-29(30(32,33)34)36-19(37)2/h5,7-18H,4,6H2,1-3H3. The molecular weight excluding hydrogens is 573 g/mol. The fourth-order valence-electron chi connectivity index (χ4n) is 4.76. The highest BCUT2D eigenvalue weighted by molar-refractivity contribution is 7.90. The van der Waals surface area contributed by atoms with Crippen LogP contribution in [0.1, 0.15) is 30.4 Å². The topological polar surface area (TPSA) is 69.8 Å². The van der Waals surface area contributed by atoms with E-state index in [4.69, 9.17) is 11.6 Å². The Kier molecular flexibility index (Phi) is 7.56. The van der Waals surface area contributed by atoms with Gasteiger partial charge in [-0.3, -0.25) is 0 Å². The summed E-state index contributed by atoms with van der Waals surface area (Å²) < 4.78 is 68.2. The highest BCUT2D eigenvalue weighted by atomic mass is 35.5. The Labute approximate surface area is 241 Å². The van der Waals surface area contributed by atoms with Crippen LogP contribution in [0.15, 0.2) is 84.0 Å². The van der Waals surface area contributed by atoms with Crippen LogP contribution in [0.2, 0.25) is 5.02 Å². The molecule has 3 aromatic carbocycles. The molecule has 6 nitrogen and oxygen atoms in total. The van der Waals surface area contributed by atoms with E-state index in [-0.39, 0.29) is 10.7 Å². The lowest BCUT2D eigenvalue weighted by Gasteiger charge is -2.17. The number of hydrogen-bond acceptors (Lipinski definition) is 4. The van der Waals surface area contributed by atoms with Gasteiger partial charge in [0.05, 0.1) is 28.2 Å². The maximum atomic E-state index is 13.6. The average Bonchev–Trinajstić information content (AvgIpc) is 3.56. The second kappa shape index (κ2) is 10.8. The first-order valence-corrected chi connectivity index (χ1v) is 15.0. The van der Waals surface area contributed by atoms with Crippen molar-refractivity contribution in [2.75, 3.05) is 6.26 Å². The first-order chi connectivity index (χ1) is 19.4. The summed E-state index contributed by atoms with van der Waals surface area (Å²) in [6.07, 6.45) is 0.790. The summed E-state index contributed by atoms with van der Waals surface area (Å²) in [6, 6.07) is 19.2. The number of hydrogen-bond donors (Lipinski definition) is 0. The molecule has 41 heavy (non-hydrogen) atoms. The van der Waals surface area contributed by atoms with E-state index in [1.807, 2.05) is 18.2 Å². The minimum absolute atomic E-state index is 0.160. The van der Waals surface area contributed by atoms with Gasteiger partial charge in [-0.25, -0.2) is 18.1 Å². The molecule has 0 aliphatic rings. The number of aryl methyl sites for hydroxylation is 2. The minimum Gasteiger partial charge on any atom is -0.303 e. The Hall–Kier alpha value is -3.89. The number of sulfone groups is 1. The molecule has 2 heterocycles. The highest BCUT2D eigenvalue weighted by Crippen LogP contribution is 2.36. The van der Waals surface area contributed by atoms with Gasteiger partial charge in [0.25, 0.3) is 0 Å². The van der Waals surface area contributed by atoms with Crippen molar-refractivity contribution in [2.24, 2.45) is 0 Å². The minimum atomic E-state index is -4.61. The summed E-state index contributed by atoms with van der Waals surface area (Å²) in [7, 11) is -3.45. The molecule has 0 radical (unpaired) electrons. The number of benzene rings is 3. The van der Waals surface area contributed by atoms with Crippen LogP contribution in [0.3, 0.4) is 0 Å². The molecule has 0 N–H and O–H groups in total. The zero-order valence-electron chi connectivity index (χ0n) is 22.4. The van der Waals surface area contributed by atoms with Crippen LogP contribution in [-0.4, -0.2) is 34.0 Å². The van der Waals surface area contributed by atoms with Crippen molar-refractivity contribution in [1.29, 1.82) is 0 Å². The van der Waals surface area contributed by atoms with Crippen molar-refractivity contribution in [3.05, 3.63) is 101 Å². The van der Waals surface area contributed by atoms with E-state index in [1.54, 1.807) is 53.3 Å². The predicted octanol–water partition coefficient (Wildman–Crippen LogP) is 7.73. The fourth-order valence-corrected chi connectivity index (χ4v) is 5.64. The van der Waals surface area contributed by atoms with E-state index in [0.29, 0.717) is 33.1 Å². The van der Waals surface area contributed by atoms with Crippen LogP contribution in [0, 0.1) is 6.92 Å². The van der Waals surface area contributed by atoms with Crippen molar-refractivity contribution in [3.63, 3.8) is 0 Å². The molecule has 11 heteroatoms. The Balaban J connectivity index is 1.74. The van der Waals surface area contributed by atoms with Gasteiger partial charge in [-0.05, 0) is 78.6 Å².